The molecule has 1 N–H and O–H groups in total. The maximum absolute atomic E-state index is 12.5. The minimum absolute atomic E-state index is 0.0928. The van der Waals surface area contributed by atoms with Crippen LogP contribution in [0.1, 0.15) is 13.8 Å². The van der Waals surface area contributed by atoms with Gasteiger partial charge in [-0.2, -0.15) is 13.2 Å². The number of hydrogen-bond donors (Lipinski definition) is 1. The summed E-state index contributed by atoms with van der Waals surface area (Å²) in [5.74, 6) is -6.00. The van der Waals surface area contributed by atoms with Crippen molar-refractivity contribution in [1.29, 1.82) is 0 Å². The van der Waals surface area contributed by atoms with Crippen LogP contribution >= 0.6 is 0 Å². The molecule has 2 heterocycles. The van der Waals surface area contributed by atoms with Crippen LogP contribution in [-0.2, 0) is 19.1 Å². The fourth-order valence-electron chi connectivity index (χ4n) is 2.74. The van der Waals surface area contributed by atoms with Crippen molar-refractivity contribution in [3.63, 3.8) is 0 Å². The minimum atomic E-state index is -5.01. The summed E-state index contributed by atoms with van der Waals surface area (Å²) in [5, 5.41) is 9.16. The lowest BCUT2D eigenvalue weighted by Gasteiger charge is -2.23. The van der Waals surface area contributed by atoms with Gasteiger partial charge in [-0.25, -0.2) is 0 Å². The van der Waals surface area contributed by atoms with E-state index in [0.29, 0.717) is 4.90 Å². The zero-order chi connectivity index (χ0) is 16.0. The Morgan fingerprint density at radius 1 is 1.29 bits per heavy atom. The van der Waals surface area contributed by atoms with Gasteiger partial charge in [-0.3, -0.25) is 9.59 Å². The van der Waals surface area contributed by atoms with Gasteiger partial charge in [0.1, 0.15) is 0 Å². The van der Waals surface area contributed by atoms with E-state index in [2.05, 4.69) is 0 Å². The molecule has 0 aromatic carbocycles. The van der Waals surface area contributed by atoms with E-state index in [4.69, 9.17) is 14.6 Å². The number of likely N-dealkylation sites (tertiary alicyclic amines) is 1. The zero-order valence-corrected chi connectivity index (χ0v) is 11.5. The van der Waals surface area contributed by atoms with E-state index in [1.54, 1.807) is 13.8 Å². The Morgan fingerprint density at radius 2 is 1.90 bits per heavy atom. The van der Waals surface area contributed by atoms with Crippen molar-refractivity contribution in [3.05, 3.63) is 0 Å². The molecule has 2 aliphatic heterocycles. The van der Waals surface area contributed by atoms with Crippen LogP contribution in [0.2, 0.25) is 0 Å². The molecular weight excluding hydrogens is 295 g/mol. The Morgan fingerprint density at radius 3 is 2.33 bits per heavy atom. The molecule has 0 bridgehead atoms. The number of carboxylic acids is 1. The highest BCUT2D eigenvalue weighted by atomic mass is 19.4. The predicted octanol–water partition coefficient (Wildman–Crippen LogP) is 0.859. The fraction of sp³-hybridized carbons (Fsp3) is 0.833. The molecule has 0 saturated carbocycles. The van der Waals surface area contributed by atoms with Crippen molar-refractivity contribution >= 4 is 11.9 Å². The third-order valence-corrected chi connectivity index (χ3v) is 3.72. The third kappa shape index (κ3) is 3.29. The first kappa shape index (κ1) is 16.0. The minimum Gasteiger partial charge on any atom is -0.481 e. The van der Waals surface area contributed by atoms with Crippen molar-refractivity contribution in [2.75, 3.05) is 19.7 Å². The molecule has 2 aliphatic rings. The molecule has 0 aliphatic carbocycles. The molecule has 1 amide bonds. The van der Waals surface area contributed by atoms with E-state index < -0.39 is 48.3 Å². The second-order valence-electron chi connectivity index (χ2n) is 5.68. The first-order valence-electron chi connectivity index (χ1n) is 6.42. The standard InChI is InChI=1S/C12H16F3NO5/c1-11(2)20-5-8(21-11)6-3-16(4-7(6)9(17)18)10(19)12(13,14)15/h6-8H,3-5H2,1-2H3,(H,17,18). The molecule has 3 unspecified atom stereocenters. The lowest BCUT2D eigenvalue weighted by Crippen LogP contribution is -2.40. The number of rotatable bonds is 2. The lowest BCUT2D eigenvalue weighted by molar-refractivity contribution is -0.184. The van der Waals surface area contributed by atoms with E-state index in [-0.39, 0.29) is 13.2 Å². The van der Waals surface area contributed by atoms with E-state index in [9.17, 15) is 22.8 Å². The summed E-state index contributed by atoms with van der Waals surface area (Å²) in [6, 6.07) is 0. The number of carboxylic acid groups (broad SMARTS) is 1. The van der Waals surface area contributed by atoms with Gasteiger partial charge in [0.05, 0.1) is 18.6 Å². The zero-order valence-electron chi connectivity index (χ0n) is 11.5. The van der Waals surface area contributed by atoms with Gasteiger partial charge in [0.25, 0.3) is 0 Å². The molecule has 21 heavy (non-hydrogen) atoms. The van der Waals surface area contributed by atoms with Gasteiger partial charge in [0.15, 0.2) is 5.79 Å². The smallest absolute Gasteiger partial charge is 0.471 e. The molecule has 9 heteroatoms. The third-order valence-electron chi connectivity index (χ3n) is 3.72. The van der Waals surface area contributed by atoms with E-state index >= 15 is 0 Å². The number of amides is 1. The molecular formula is C12H16F3NO5. The van der Waals surface area contributed by atoms with Gasteiger partial charge >= 0.3 is 18.1 Å². The Labute approximate surface area is 118 Å². The van der Waals surface area contributed by atoms with Crippen LogP contribution in [0.25, 0.3) is 0 Å². The normalized spacial score (nSPS) is 32.4. The maximum atomic E-state index is 12.5. The topological polar surface area (TPSA) is 76.1 Å². The molecule has 2 rings (SSSR count). The van der Waals surface area contributed by atoms with Crippen molar-refractivity contribution in [3.8, 4) is 0 Å². The predicted molar refractivity (Wildman–Crippen MR) is 62.2 cm³/mol. The van der Waals surface area contributed by atoms with Gasteiger partial charge in [0, 0.05) is 19.0 Å². The van der Waals surface area contributed by atoms with E-state index in [1.165, 1.54) is 0 Å². The number of aliphatic carboxylic acids is 1. The Kier molecular flexibility index (Phi) is 3.92. The van der Waals surface area contributed by atoms with Gasteiger partial charge in [0.2, 0.25) is 0 Å². The van der Waals surface area contributed by atoms with E-state index in [0.717, 1.165) is 0 Å². The van der Waals surface area contributed by atoms with Crippen molar-refractivity contribution < 1.29 is 37.3 Å². The van der Waals surface area contributed by atoms with Crippen molar-refractivity contribution in [2.24, 2.45) is 11.8 Å². The summed E-state index contributed by atoms with van der Waals surface area (Å²) in [7, 11) is 0. The van der Waals surface area contributed by atoms with Crippen LogP contribution in [0.5, 0.6) is 0 Å². The van der Waals surface area contributed by atoms with Crippen LogP contribution < -0.4 is 0 Å². The number of nitrogens with zero attached hydrogens (tertiary/aromatic N) is 1. The molecule has 0 spiro atoms. The summed E-state index contributed by atoms with van der Waals surface area (Å²) in [5.41, 5.74) is 0. The largest absolute Gasteiger partial charge is 0.481 e. The average molecular weight is 311 g/mol. The number of alkyl halides is 3. The molecule has 0 aromatic rings. The Balaban J connectivity index is 2.14. The second-order valence-corrected chi connectivity index (χ2v) is 5.68. The maximum Gasteiger partial charge on any atom is 0.471 e. The number of ether oxygens (including phenoxy) is 2. The first-order chi connectivity index (χ1) is 9.51. The van der Waals surface area contributed by atoms with Crippen LogP contribution in [0.3, 0.4) is 0 Å². The van der Waals surface area contributed by atoms with Gasteiger partial charge in [-0.1, -0.05) is 0 Å². The average Bonchev–Trinajstić information content (AvgIpc) is 2.90. The quantitative estimate of drug-likeness (QED) is 0.818. The first-order valence-corrected chi connectivity index (χ1v) is 6.42. The van der Waals surface area contributed by atoms with Gasteiger partial charge < -0.3 is 19.5 Å². The summed E-state index contributed by atoms with van der Waals surface area (Å²) >= 11 is 0. The number of carbonyl (C=O) groups is 2. The monoisotopic (exact) mass is 311 g/mol. The molecule has 2 fully saturated rings. The number of halogens is 3. The second kappa shape index (κ2) is 5.13. The highest BCUT2D eigenvalue weighted by Gasteiger charge is 2.52. The fourth-order valence-corrected chi connectivity index (χ4v) is 2.74. The molecule has 0 aromatic heterocycles. The number of carbonyl (C=O) groups excluding carboxylic acids is 1. The van der Waals surface area contributed by atoms with E-state index in [1.807, 2.05) is 0 Å². The highest BCUT2D eigenvalue weighted by Crippen LogP contribution is 2.36. The van der Waals surface area contributed by atoms with Crippen LogP contribution in [0, 0.1) is 11.8 Å². The van der Waals surface area contributed by atoms with Gasteiger partial charge in [-0.05, 0) is 13.8 Å². The summed E-state index contributed by atoms with van der Waals surface area (Å²) in [6.07, 6.45) is -5.66. The van der Waals surface area contributed by atoms with Gasteiger partial charge in [-0.15, -0.1) is 0 Å². The van der Waals surface area contributed by atoms with Crippen molar-refractivity contribution in [2.45, 2.75) is 31.9 Å². The van der Waals surface area contributed by atoms with Crippen LogP contribution in [0.15, 0.2) is 0 Å². The molecule has 6 nitrogen and oxygen atoms in total. The number of hydrogen-bond acceptors (Lipinski definition) is 4. The summed E-state index contributed by atoms with van der Waals surface area (Å²) in [4.78, 5) is 23.0. The molecule has 120 valence electrons. The van der Waals surface area contributed by atoms with Crippen molar-refractivity contribution in [1.82, 2.24) is 4.90 Å². The Hall–Kier alpha value is -1.35. The Bertz CT molecular complexity index is 451. The lowest BCUT2D eigenvalue weighted by atomic mass is 9.91. The van der Waals surface area contributed by atoms with Crippen LogP contribution in [-0.4, -0.2) is 59.6 Å². The highest BCUT2D eigenvalue weighted by molar-refractivity contribution is 5.83. The van der Waals surface area contributed by atoms with Crippen LogP contribution in [0.4, 0.5) is 13.2 Å². The summed E-state index contributed by atoms with van der Waals surface area (Å²) < 4.78 is 48.2. The SMILES string of the molecule is CC1(C)OCC(C2CN(C(=O)C(F)(F)F)CC2C(=O)O)O1. The summed E-state index contributed by atoms with van der Waals surface area (Å²) in [6.45, 7) is 2.58. The molecule has 2 saturated heterocycles. The molecule has 0 radical (unpaired) electrons. The molecule has 3 atom stereocenters.